The molecule has 0 bridgehead atoms. The van der Waals surface area contributed by atoms with Gasteiger partial charge in [0.1, 0.15) is 5.25 Å². The van der Waals surface area contributed by atoms with E-state index < -0.39 is 21.2 Å². The Balaban J connectivity index is 1.45. The SMILES string of the molecule is Cc1ccc(S(=O)(=O)[C@@H]2CN(Cc3ccncc3)[C@@H](COCc3ccccc3)[C@H]2OCc2ccccc2)cc1. The first kappa shape index (κ1) is 27.2. The fourth-order valence-corrected chi connectivity index (χ4v) is 6.93. The molecule has 4 aromatic rings. The lowest BCUT2D eigenvalue weighted by atomic mass is 10.1. The second-order valence-electron chi connectivity index (χ2n) is 10.0. The van der Waals surface area contributed by atoms with E-state index in [2.05, 4.69) is 9.88 Å². The summed E-state index contributed by atoms with van der Waals surface area (Å²) in [6.45, 7) is 3.99. The zero-order valence-corrected chi connectivity index (χ0v) is 22.9. The molecule has 0 radical (unpaired) electrons. The molecule has 0 spiro atoms. The van der Waals surface area contributed by atoms with E-state index in [0.29, 0.717) is 37.8 Å². The summed E-state index contributed by atoms with van der Waals surface area (Å²) >= 11 is 0. The van der Waals surface area contributed by atoms with E-state index in [1.54, 1.807) is 24.5 Å². The molecular formula is C32H34N2O4S. The summed E-state index contributed by atoms with van der Waals surface area (Å²) in [4.78, 5) is 6.64. The highest BCUT2D eigenvalue weighted by molar-refractivity contribution is 7.92. The number of likely N-dealkylation sites (tertiary alicyclic amines) is 1. The quantitative estimate of drug-likeness (QED) is 0.259. The number of aromatic nitrogens is 1. The van der Waals surface area contributed by atoms with Gasteiger partial charge in [0, 0.05) is 25.5 Å². The molecule has 5 rings (SSSR count). The Morgan fingerprint density at radius 2 is 1.41 bits per heavy atom. The van der Waals surface area contributed by atoms with Crippen LogP contribution < -0.4 is 0 Å². The molecule has 0 amide bonds. The molecule has 0 N–H and O–H groups in total. The van der Waals surface area contributed by atoms with Crippen LogP contribution in [0.15, 0.2) is 114 Å². The number of pyridine rings is 1. The Kier molecular flexibility index (Phi) is 8.84. The van der Waals surface area contributed by atoms with Crippen molar-refractivity contribution in [2.45, 2.75) is 49.0 Å². The van der Waals surface area contributed by atoms with E-state index in [1.165, 1.54) is 0 Å². The van der Waals surface area contributed by atoms with Crippen molar-refractivity contribution in [3.8, 4) is 0 Å². The highest BCUT2D eigenvalue weighted by Gasteiger charge is 2.49. The second kappa shape index (κ2) is 12.7. The predicted molar refractivity (Wildman–Crippen MR) is 152 cm³/mol. The minimum atomic E-state index is -3.68. The maximum atomic E-state index is 14.0. The topological polar surface area (TPSA) is 68.7 Å². The van der Waals surface area contributed by atoms with Crippen molar-refractivity contribution in [3.05, 3.63) is 132 Å². The molecule has 1 aliphatic heterocycles. The lowest BCUT2D eigenvalue weighted by Crippen LogP contribution is -2.42. The molecular weight excluding hydrogens is 508 g/mol. The van der Waals surface area contributed by atoms with Crippen molar-refractivity contribution >= 4 is 9.84 Å². The van der Waals surface area contributed by atoms with Crippen LogP contribution in [0.3, 0.4) is 0 Å². The van der Waals surface area contributed by atoms with Crippen LogP contribution in [0.25, 0.3) is 0 Å². The molecule has 0 saturated carbocycles. The summed E-state index contributed by atoms with van der Waals surface area (Å²) in [6, 6.07) is 30.6. The summed E-state index contributed by atoms with van der Waals surface area (Å²) in [5.74, 6) is 0. The number of hydrogen-bond acceptors (Lipinski definition) is 6. The molecule has 3 atom stereocenters. The molecule has 1 aliphatic rings. The van der Waals surface area contributed by atoms with Gasteiger partial charge in [0.2, 0.25) is 0 Å². The van der Waals surface area contributed by atoms with Crippen molar-refractivity contribution < 1.29 is 17.9 Å². The summed E-state index contributed by atoms with van der Waals surface area (Å²) in [6.07, 6.45) is 2.95. The van der Waals surface area contributed by atoms with Crippen molar-refractivity contribution in [2.24, 2.45) is 0 Å². The highest BCUT2D eigenvalue weighted by Crippen LogP contribution is 2.33. The molecule has 202 valence electrons. The van der Waals surface area contributed by atoms with E-state index >= 15 is 0 Å². The Bertz CT molecular complexity index is 1420. The Morgan fingerprint density at radius 3 is 2.05 bits per heavy atom. The van der Waals surface area contributed by atoms with Gasteiger partial charge in [-0.15, -0.1) is 0 Å². The average molecular weight is 543 g/mol. The van der Waals surface area contributed by atoms with E-state index in [1.807, 2.05) is 91.9 Å². The number of rotatable bonds is 11. The second-order valence-corrected chi connectivity index (χ2v) is 12.2. The summed E-state index contributed by atoms with van der Waals surface area (Å²) in [5, 5.41) is -0.740. The normalized spacial score (nSPS) is 19.8. The maximum absolute atomic E-state index is 14.0. The zero-order chi connectivity index (χ0) is 27.1. The van der Waals surface area contributed by atoms with Crippen molar-refractivity contribution in [1.29, 1.82) is 0 Å². The monoisotopic (exact) mass is 542 g/mol. The number of hydrogen-bond donors (Lipinski definition) is 0. The van der Waals surface area contributed by atoms with Crippen LogP contribution in [0.2, 0.25) is 0 Å². The van der Waals surface area contributed by atoms with Crippen LogP contribution in [-0.2, 0) is 39.1 Å². The smallest absolute Gasteiger partial charge is 0.185 e. The van der Waals surface area contributed by atoms with Gasteiger partial charge >= 0.3 is 0 Å². The molecule has 39 heavy (non-hydrogen) atoms. The van der Waals surface area contributed by atoms with Gasteiger partial charge in [-0.3, -0.25) is 9.88 Å². The first-order valence-corrected chi connectivity index (χ1v) is 14.8. The van der Waals surface area contributed by atoms with Crippen LogP contribution in [0, 0.1) is 6.92 Å². The first-order valence-electron chi connectivity index (χ1n) is 13.2. The van der Waals surface area contributed by atoms with Crippen LogP contribution in [-0.4, -0.2) is 48.8 Å². The van der Waals surface area contributed by atoms with Gasteiger partial charge in [-0.2, -0.15) is 0 Å². The van der Waals surface area contributed by atoms with Gasteiger partial charge in [-0.1, -0.05) is 78.4 Å². The maximum Gasteiger partial charge on any atom is 0.185 e. The zero-order valence-electron chi connectivity index (χ0n) is 22.1. The highest BCUT2D eigenvalue weighted by atomic mass is 32.2. The lowest BCUT2D eigenvalue weighted by Gasteiger charge is -2.28. The van der Waals surface area contributed by atoms with E-state index in [-0.39, 0.29) is 6.04 Å². The van der Waals surface area contributed by atoms with Crippen LogP contribution in [0.4, 0.5) is 0 Å². The molecule has 0 unspecified atom stereocenters. The van der Waals surface area contributed by atoms with Crippen molar-refractivity contribution in [2.75, 3.05) is 13.2 Å². The third-order valence-electron chi connectivity index (χ3n) is 7.20. The predicted octanol–water partition coefficient (Wildman–Crippen LogP) is 5.22. The molecule has 1 aromatic heterocycles. The van der Waals surface area contributed by atoms with Gasteiger partial charge < -0.3 is 9.47 Å². The number of aryl methyl sites for hydroxylation is 1. The average Bonchev–Trinajstić information content (AvgIpc) is 3.31. The van der Waals surface area contributed by atoms with Gasteiger partial charge in [-0.25, -0.2) is 8.42 Å². The first-order chi connectivity index (χ1) is 19.0. The van der Waals surface area contributed by atoms with Crippen LogP contribution in [0.1, 0.15) is 22.3 Å². The summed E-state index contributed by atoms with van der Waals surface area (Å²) in [5.41, 5.74) is 4.15. The third-order valence-corrected chi connectivity index (χ3v) is 9.34. The molecule has 3 aromatic carbocycles. The Morgan fingerprint density at radius 1 is 0.795 bits per heavy atom. The molecule has 6 nitrogen and oxygen atoms in total. The summed E-state index contributed by atoms with van der Waals surface area (Å²) in [7, 11) is -3.68. The standard InChI is InChI=1S/C32H34N2O4S/c1-25-12-14-29(15-13-25)39(35,36)31-21-34(20-26-16-18-33-19-17-26)30(24-37-22-27-8-4-2-5-9-27)32(31)38-23-28-10-6-3-7-11-28/h2-19,30-32H,20-24H2,1H3/t30-,31+,32+/m0/s1. The van der Waals surface area contributed by atoms with Crippen molar-refractivity contribution in [3.63, 3.8) is 0 Å². The van der Waals surface area contributed by atoms with E-state index in [0.717, 1.165) is 22.3 Å². The minimum Gasteiger partial charge on any atom is -0.375 e. The van der Waals surface area contributed by atoms with E-state index in [9.17, 15) is 8.42 Å². The van der Waals surface area contributed by atoms with Crippen LogP contribution >= 0.6 is 0 Å². The molecule has 7 heteroatoms. The van der Waals surface area contributed by atoms with Crippen LogP contribution in [0.5, 0.6) is 0 Å². The largest absolute Gasteiger partial charge is 0.375 e. The molecule has 1 saturated heterocycles. The molecule has 2 heterocycles. The molecule has 0 aliphatic carbocycles. The van der Waals surface area contributed by atoms with Gasteiger partial charge in [0.05, 0.1) is 36.9 Å². The Labute approximate surface area is 231 Å². The van der Waals surface area contributed by atoms with Crippen molar-refractivity contribution in [1.82, 2.24) is 9.88 Å². The lowest BCUT2D eigenvalue weighted by molar-refractivity contribution is -0.0228. The number of sulfone groups is 1. The third kappa shape index (κ3) is 6.81. The Hall–Kier alpha value is -3.36. The number of ether oxygens (including phenoxy) is 2. The fourth-order valence-electron chi connectivity index (χ4n) is 5.07. The van der Waals surface area contributed by atoms with E-state index in [4.69, 9.17) is 9.47 Å². The number of nitrogens with zero attached hydrogens (tertiary/aromatic N) is 2. The van der Waals surface area contributed by atoms with Gasteiger partial charge in [0.25, 0.3) is 0 Å². The van der Waals surface area contributed by atoms with Gasteiger partial charge in [-0.05, 0) is 47.9 Å². The molecule has 1 fully saturated rings. The fraction of sp³-hybridized carbons (Fsp3) is 0.281. The van der Waals surface area contributed by atoms with Gasteiger partial charge in [0.15, 0.2) is 9.84 Å². The number of benzene rings is 3. The summed E-state index contributed by atoms with van der Waals surface area (Å²) < 4.78 is 40.8. The minimum absolute atomic E-state index is 0.254.